The maximum Gasteiger partial charge on any atom is 0.261 e. The zero-order chi connectivity index (χ0) is 19.0. The first-order valence-electron chi connectivity index (χ1n) is 8.49. The van der Waals surface area contributed by atoms with Gasteiger partial charge in [0.1, 0.15) is 5.76 Å². The molecule has 4 rings (SSSR count). The van der Waals surface area contributed by atoms with E-state index < -0.39 is 0 Å². The van der Waals surface area contributed by atoms with Crippen LogP contribution in [0.2, 0.25) is 0 Å². The van der Waals surface area contributed by atoms with Gasteiger partial charge in [0, 0.05) is 3.57 Å². The molecule has 0 aliphatic heterocycles. The maximum atomic E-state index is 13.3. The van der Waals surface area contributed by atoms with Crippen LogP contribution in [0.5, 0.6) is 0 Å². The summed E-state index contributed by atoms with van der Waals surface area (Å²) in [5, 5.41) is 0.677. The van der Waals surface area contributed by atoms with Crippen molar-refractivity contribution in [2.45, 2.75) is 20.4 Å². The van der Waals surface area contributed by atoms with Crippen LogP contribution in [0.25, 0.3) is 10.2 Å². The van der Waals surface area contributed by atoms with Crippen LogP contribution in [0.4, 0.5) is 5.13 Å². The van der Waals surface area contributed by atoms with Gasteiger partial charge in [0.15, 0.2) is 5.13 Å². The van der Waals surface area contributed by atoms with E-state index in [4.69, 9.17) is 9.40 Å². The number of anilines is 1. The van der Waals surface area contributed by atoms with Crippen molar-refractivity contribution in [2.24, 2.45) is 0 Å². The molecular weight excluding hydrogens is 471 g/mol. The second-order valence-electron chi connectivity index (χ2n) is 6.35. The lowest BCUT2D eigenvalue weighted by Gasteiger charge is -2.19. The summed E-state index contributed by atoms with van der Waals surface area (Å²) >= 11 is 3.72. The molecule has 4 aromatic rings. The Morgan fingerprint density at radius 2 is 1.93 bits per heavy atom. The summed E-state index contributed by atoms with van der Waals surface area (Å²) < 4.78 is 7.49. The van der Waals surface area contributed by atoms with Crippen molar-refractivity contribution in [1.82, 2.24) is 4.98 Å². The van der Waals surface area contributed by atoms with E-state index in [1.165, 1.54) is 22.5 Å². The van der Waals surface area contributed by atoms with Crippen LogP contribution in [0, 0.1) is 17.4 Å². The largest absolute Gasteiger partial charge is 0.467 e. The van der Waals surface area contributed by atoms with Gasteiger partial charge < -0.3 is 4.42 Å². The fourth-order valence-corrected chi connectivity index (χ4v) is 4.51. The Morgan fingerprint density at radius 3 is 2.67 bits per heavy atom. The number of amides is 1. The number of thiazole rings is 1. The zero-order valence-corrected chi connectivity index (χ0v) is 17.9. The first-order valence-corrected chi connectivity index (χ1v) is 10.4. The van der Waals surface area contributed by atoms with Crippen molar-refractivity contribution in [3.63, 3.8) is 0 Å². The lowest BCUT2D eigenvalue weighted by Crippen LogP contribution is -2.30. The number of benzene rings is 2. The van der Waals surface area contributed by atoms with Crippen LogP contribution >= 0.6 is 33.9 Å². The number of nitrogens with zero attached hydrogens (tertiary/aromatic N) is 2. The van der Waals surface area contributed by atoms with Gasteiger partial charge in [-0.15, -0.1) is 0 Å². The third kappa shape index (κ3) is 3.64. The third-order valence-corrected chi connectivity index (χ3v) is 6.45. The van der Waals surface area contributed by atoms with Crippen LogP contribution in [0.3, 0.4) is 0 Å². The molecule has 0 unspecified atom stereocenters. The fourth-order valence-electron chi connectivity index (χ4n) is 2.85. The van der Waals surface area contributed by atoms with E-state index in [2.05, 4.69) is 48.6 Å². The van der Waals surface area contributed by atoms with Crippen LogP contribution in [-0.2, 0) is 6.54 Å². The maximum absolute atomic E-state index is 13.3. The molecule has 0 fully saturated rings. The average molecular weight is 488 g/mol. The summed E-state index contributed by atoms with van der Waals surface area (Å²) in [5.74, 6) is 0.643. The van der Waals surface area contributed by atoms with Crippen molar-refractivity contribution in [3.8, 4) is 0 Å². The molecule has 0 bridgehead atoms. The van der Waals surface area contributed by atoms with Crippen LogP contribution in [-0.4, -0.2) is 10.9 Å². The molecule has 0 N–H and O–H groups in total. The van der Waals surface area contributed by atoms with Gasteiger partial charge in [-0.25, -0.2) is 4.98 Å². The number of fused-ring (bicyclic) bond motifs is 1. The van der Waals surface area contributed by atoms with Crippen molar-refractivity contribution < 1.29 is 9.21 Å². The fraction of sp³-hybridized carbons (Fsp3) is 0.143. The molecule has 0 saturated carbocycles. The Balaban J connectivity index is 1.80. The highest BCUT2D eigenvalue weighted by Crippen LogP contribution is 2.33. The van der Waals surface area contributed by atoms with Gasteiger partial charge in [0.2, 0.25) is 0 Å². The number of hydrogen-bond donors (Lipinski definition) is 0. The highest BCUT2D eigenvalue weighted by molar-refractivity contribution is 14.1. The number of halogens is 1. The minimum atomic E-state index is -0.0797. The molecule has 1 amide bonds. The summed E-state index contributed by atoms with van der Waals surface area (Å²) in [4.78, 5) is 19.8. The molecule has 4 nitrogen and oxygen atoms in total. The number of carbonyl (C=O) groups is 1. The number of aryl methyl sites for hydroxylation is 2. The number of furan rings is 1. The molecule has 2 heterocycles. The normalized spacial score (nSPS) is 11.1. The standard InChI is InChI=1S/C21H17IN2O2S/c1-13-10-18-19(11-14(13)2)27-21(23-18)24(12-15-6-5-9-26-15)20(25)16-7-3-4-8-17(16)22/h3-11H,12H2,1-2H3. The smallest absolute Gasteiger partial charge is 0.261 e. The summed E-state index contributed by atoms with van der Waals surface area (Å²) in [6, 6.07) is 15.5. The number of aromatic nitrogens is 1. The van der Waals surface area contributed by atoms with Gasteiger partial charge in [-0.1, -0.05) is 23.5 Å². The minimum absolute atomic E-state index is 0.0797. The molecule has 136 valence electrons. The Bertz CT molecular complexity index is 1080. The SMILES string of the molecule is Cc1cc2nc(N(Cc3ccco3)C(=O)c3ccccc3I)sc2cc1C. The first kappa shape index (κ1) is 18.2. The highest BCUT2D eigenvalue weighted by Gasteiger charge is 2.24. The molecule has 0 atom stereocenters. The summed E-state index contributed by atoms with van der Waals surface area (Å²) in [7, 11) is 0. The van der Waals surface area contributed by atoms with E-state index in [0.29, 0.717) is 17.2 Å². The Morgan fingerprint density at radius 1 is 1.15 bits per heavy atom. The Hall–Kier alpha value is -2.19. The summed E-state index contributed by atoms with van der Waals surface area (Å²) in [6.45, 7) is 4.51. The van der Waals surface area contributed by atoms with Gasteiger partial charge in [-0.05, 0) is 84.0 Å². The van der Waals surface area contributed by atoms with Gasteiger partial charge in [-0.3, -0.25) is 9.69 Å². The molecule has 0 saturated heterocycles. The molecule has 2 aromatic carbocycles. The van der Waals surface area contributed by atoms with Gasteiger partial charge in [0.05, 0.1) is 28.6 Å². The first-order chi connectivity index (χ1) is 13.0. The third-order valence-electron chi connectivity index (χ3n) is 4.47. The number of rotatable bonds is 4. The predicted molar refractivity (Wildman–Crippen MR) is 117 cm³/mol. The van der Waals surface area contributed by atoms with E-state index >= 15 is 0 Å². The second kappa shape index (κ2) is 7.44. The van der Waals surface area contributed by atoms with E-state index in [1.807, 2.05) is 36.4 Å². The van der Waals surface area contributed by atoms with Gasteiger partial charge >= 0.3 is 0 Å². The number of carbonyl (C=O) groups excluding carboxylic acids is 1. The van der Waals surface area contributed by atoms with Crippen LogP contribution < -0.4 is 4.90 Å². The molecule has 6 heteroatoms. The Kier molecular flexibility index (Phi) is 5.01. The molecule has 0 aliphatic rings. The van der Waals surface area contributed by atoms with Crippen molar-refractivity contribution in [1.29, 1.82) is 0 Å². The van der Waals surface area contributed by atoms with E-state index in [-0.39, 0.29) is 5.91 Å². The van der Waals surface area contributed by atoms with E-state index in [9.17, 15) is 4.79 Å². The zero-order valence-electron chi connectivity index (χ0n) is 14.9. The van der Waals surface area contributed by atoms with Crippen molar-refractivity contribution >= 4 is 55.2 Å². The van der Waals surface area contributed by atoms with Crippen molar-refractivity contribution in [2.75, 3.05) is 4.90 Å². The van der Waals surface area contributed by atoms with Gasteiger partial charge in [0.25, 0.3) is 5.91 Å². The second-order valence-corrected chi connectivity index (χ2v) is 8.52. The number of hydrogen-bond acceptors (Lipinski definition) is 4. The quantitative estimate of drug-likeness (QED) is 0.333. The topological polar surface area (TPSA) is 46.3 Å². The molecule has 2 aromatic heterocycles. The lowest BCUT2D eigenvalue weighted by atomic mass is 10.1. The monoisotopic (exact) mass is 488 g/mol. The summed E-state index contributed by atoms with van der Waals surface area (Å²) in [6.07, 6.45) is 1.62. The van der Waals surface area contributed by atoms with Crippen LogP contribution in [0.15, 0.2) is 59.2 Å². The molecule has 0 aliphatic carbocycles. The van der Waals surface area contributed by atoms with E-state index in [1.54, 1.807) is 11.2 Å². The summed E-state index contributed by atoms with van der Waals surface area (Å²) in [5.41, 5.74) is 3.99. The van der Waals surface area contributed by atoms with E-state index in [0.717, 1.165) is 19.5 Å². The lowest BCUT2D eigenvalue weighted by molar-refractivity contribution is 0.0982. The molecule has 27 heavy (non-hydrogen) atoms. The molecule has 0 spiro atoms. The highest BCUT2D eigenvalue weighted by atomic mass is 127. The predicted octanol–water partition coefficient (Wildman–Crippen LogP) is 5.96. The minimum Gasteiger partial charge on any atom is -0.467 e. The van der Waals surface area contributed by atoms with Gasteiger partial charge in [-0.2, -0.15) is 0 Å². The molecule has 0 radical (unpaired) electrons. The van der Waals surface area contributed by atoms with Crippen molar-refractivity contribution in [3.05, 3.63) is 80.8 Å². The average Bonchev–Trinajstić information content (AvgIpc) is 3.29. The molecular formula is C21H17IN2O2S. The van der Waals surface area contributed by atoms with Crippen LogP contribution in [0.1, 0.15) is 27.2 Å². The Labute approximate surface area is 175 Å².